The lowest BCUT2D eigenvalue weighted by Crippen LogP contribution is -1.89. The van der Waals surface area contributed by atoms with Crippen molar-refractivity contribution in [1.29, 1.82) is 0 Å². The first-order valence-electron chi connectivity index (χ1n) is 8.19. The molecule has 6 heteroatoms. The zero-order valence-corrected chi connectivity index (χ0v) is 15.2. The lowest BCUT2D eigenvalue weighted by atomic mass is 10.1. The van der Waals surface area contributed by atoms with Crippen molar-refractivity contribution in [2.24, 2.45) is 0 Å². The maximum Gasteiger partial charge on any atom is 0.233 e. The van der Waals surface area contributed by atoms with E-state index < -0.39 is 0 Å². The van der Waals surface area contributed by atoms with Gasteiger partial charge in [0.25, 0.3) is 0 Å². The average Bonchev–Trinajstić information content (AvgIpc) is 3.28. The van der Waals surface area contributed by atoms with Crippen LogP contribution in [0.2, 0.25) is 0 Å². The Labute approximate surface area is 154 Å². The van der Waals surface area contributed by atoms with E-state index in [-0.39, 0.29) is 5.82 Å². The summed E-state index contributed by atoms with van der Waals surface area (Å²) in [6, 6.07) is 12.4. The number of aryl methyl sites for hydroxylation is 2. The molecule has 26 heavy (non-hydrogen) atoms. The second-order valence-corrected chi connectivity index (χ2v) is 7.06. The number of halogens is 1. The Balaban J connectivity index is 1.52. The number of nitrogens with zero attached hydrogens (tertiary/aromatic N) is 3. The predicted molar refractivity (Wildman–Crippen MR) is 99.5 cm³/mol. The van der Waals surface area contributed by atoms with Crippen LogP contribution in [0.25, 0.3) is 22.6 Å². The van der Waals surface area contributed by atoms with Crippen LogP contribution in [-0.2, 0) is 6.42 Å². The fourth-order valence-corrected chi connectivity index (χ4v) is 3.39. The molecule has 0 aliphatic carbocycles. The van der Waals surface area contributed by atoms with E-state index in [1.54, 1.807) is 23.5 Å². The van der Waals surface area contributed by atoms with Gasteiger partial charge < -0.3 is 4.52 Å². The number of hydrogen-bond donors (Lipinski definition) is 0. The molecule has 0 radical (unpaired) electrons. The van der Waals surface area contributed by atoms with Crippen LogP contribution in [0, 0.1) is 19.7 Å². The monoisotopic (exact) mass is 365 g/mol. The minimum absolute atomic E-state index is 0.292. The molecule has 0 atom stereocenters. The lowest BCUT2D eigenvalue weighted by Gasteiger charge is -2.02. The van der Waals surface area contributed by atoms with Crippen LogP contribution in [0.4, 0.5) is 4.39 Å². The summed E-state index contributed by atoms with van der Waals surface area (Å²) >= 11 is 1.57. The molecule has 0 fully saturated rings. The Kier molecular flexibility index (Phi) is 4.34. The van der Waals surface area contributed by atoms with Crippen molar-refractivity contribution in [3.8, 4) is 22.6 Å². The molecule has 0 N–H and O–H groups in total. The van der Waals surface area contributed by atoms with Crippen LogP contribution in [0.3, 0.4) is 0 Å². The first kappa shape index (κ1) is 16.6. The summed E-state index contributed by atoms with van der Waals surface area (Å²) in [4.78, 5) is 9.06. The number of benzene rings is 2. The quantitative estimate of drug-likeness (QED) is 0.498. The molecule has 4 rings (SSSR count). The van der Waals surface area contributed by atoms with Crippen LogP contribution in [-0.4, -0.2) is 15.1 Å². The molecule has 130 valence electrons. The summed E-state index contributed by atoms with van der Waals surface area (Å²) in [5.41, 5.74) is 5.29. The van der Waals surface area contributed by atoms with E-state index in [4.69, 9.17) is 4.52 Å². The molecule has 0 spiro atoms. The van der Waals surface area contributed by atoms with Crippen LogP contribution < -0.4 is 0 Å². The minimum atomic E-state index is -0.292. The average molecular weight is 365 g/mol. The molecular formula is C20H16FN3OS. The Morgan fingerprint density at radius 1 is 0.962 bits per heavy atom. The van der Waals surface area contributed by atoms with Gasteiger partial charge in [0.15, 0.2) is 0 Å². The second-order valence-electron chi connectivity index (χ2n) is 6.12. The van der Waals surface area contributed by atoms with Crippen LogP contribution in [0.15, 0.2) is 52.4 Å². The minimum Gasteiger partial charge on any atom is -0.339 e. The Hall–Kier alpha value is -2.86. The summed E-state index contributed by atoms with van der Waals surface area (Å²) in [5.74, 6) is 0.648. The molecule has 0 amide bonds. The van der Waals surface area contributed by atoms with Gasteiger partial charge in [-0.05, 0) is 55.3 Å². The molecule has 0 bridgehead atoms. The summed E-state index contributed by atoms with van der Waals surface area (Å²) in [5, 5.41) is 6.91. The summed E-state index contributed by atoms with van der Waals surface area (Å²) < 4.78 is 18.3. The van der Waals surface area contributed by atoms with Crippen molar-refractivity contribution in [2.45, 2.75) is 20.3 Å². The normalized spacial score (nSPS) is 11.0. The largest absolute Gasteiger partial charge is 0.339 e. The first-order valence-corrected chi connectivity index (χ1v) is 9.07. The van der Waals surface area contributed by atoms with Crippen molar-refractivity contribution < 1.29 is 8.91 Å². The first-order chi connectivity index (χ1) is 12.6. The molecule has 0 aliphatic rings. The molecule has 2 aromatic carbocycles. The van der Waals surface area contributed by atoms with E-state index >= 15 is 0 Å². The maximum absolute atomic E-state index is 13.0. The third kappa shape index (κ3) is 3.41. The van der Waals surface area contributed by atoms with Crippen molar-refractivity contribution >= 4 is 11.3 Å². The highest BCUT2D eigenvalue weighted by molar-refractivity contribution is 7.10. The van der Waals surface area contributed by atoms with Crippen LogP contribution in [0.5, 0.6) is 0 Å². The fraction of sp³-hybridized carbons (Fsp3) is 0.150. The molecular weight excluding hydrogens is 349 g/mol. The lowest BCUT2D eigenvalue weighted by molar-refractivity contribution is 0.385. The molecule has 0 saturated heterocycles. The highest BCUT2D eigenvalue weighted by Crippen LogP contribution is 2.25. The van der Waals surface area contributed by atoms with Crippen molar-refractivity contribution in [3.63, 3.8) is 0 Å². The van der Waals surface area contributed by atoms with Gasteiger partial charge in [-0.25, -0.2) is 9.37 Å². The highest BCUT2D eigenvalue weighted by atomic mass is 32.1. The molecule has 4 aromatic rings. The second kappa shape index (κ2) is 6.80. The standard InChI is InChI=1S/C20H16FN3OS/c1-12-3-4-15(9-13(12)2)17-11-26-19(22-17)10-18-23-20(24-25-18)14-5-7-16(21)8-6-14/h3-9,11H,10H2,1-2H3. The Morgan fingerprint density at radius 2 is 1.73 bits per heavy atom. The van der Waals surface area contributed by atoms with Crippen molar-refractivity contribution in [3.05, 3.63) is 75.7 Å². The smallest absolute Gasteiger partial charge is 0.233 e. The molecule has 0 unspecified atom stereocenters. The molecule has 4 nitrogen and oxygen atoms in total. The van der Waals surface area contributed by atoms with Crippen LogP contribution in [0.1, 0.15) is 22.0 Å². The van der Waals surface area contributed by atoms with E-state index in [0.29, 0.717) is 18.1 Å². The van der Waals surface area contributed by atoms with Gasteiger partial charge in [0, 0.05) is 16.5 Å². The number of thiazole rings is 1. The topological polar surface area (TPSA) is 51.8 Å². The third-order valence-electron chi connectivity index (χ3n) is 4.23. The zero-order chi connectivity index (χ0) is 18.1. The maximum atomic E-state index is 13.0. The van der Waals surface area contributed by atoms with Gasteiger partial charge in [0.05, 0.1) is 12.1 Å². The number of aromatic nitrogens is 3. The van der Waals surface area contributed by atoms with Crippen molar-refractivity contribution in [2.75, 3.05) is 0 Å². The van der Waals surface area contributed by atoms with Gasteiger partial charge in [-0.3, -0.25) is 0 Å². The predicted octanol–water partition coefficient (Wildman–Crippen LogP) is 5.21. The summed E-state index contributed by atoms with van der Waals surface area (Å²) in [6.07, 6.45) is 0.476. The van der Waals surface area contributed by atoms with Gasteiger partial charge in [-0.15, -0.1) is 11.3 Å². The molecule has 2 aromatic heterocycles. The van der Waals surface area contributed by atoms with E-state index in [1.165, 1.54) is 23.3 Å². The van der Waals surface area contributed by atoms with Gasteiger partial charge >= 0.3 is 0 Å². The highest BCUT2D eigenvalue weighted by Gasteiger charge is 2.12. The van der Waals surface area contributed by atoms with E-state index in [9.17, 15) is 4.39 Å². The third-order valence-corrected chi connectivity index (χ3v) is 5.08. The molecule has 2 heterocycles. The van der Waals surface area contributed by atoms with Crippen molar-refractivity contribution in [1.82, 2.24) is 15.1 Å². The number of hydrogen-bond acceptors (Lipinski definition) is 5. The molecule has 0 aliphatic heterocycles. The van der Waals surface area contributed by atoms with Gasteiger partial charge in [0.2, 0.25) is 11.7 Å². The summed E-state index contributed by atoms with van der Waals surface area (Å²) in [7, 11) is 0. The SMILES string of the molecule is Cc1ccc(-c2csc(Cc3nc(-c4ccc(F)cc4)no3)n2)cc1C. The number of rotatable bonds is 4. The van der Waals surface area contributed by atoms with Gasteiger partial charge in [0.1, 0.15) is 10.8 Å². The fourth-order valence-electron chi connectivity index (χ4n) is 2.60. The van der Waals surface area contributed by atoms with Gasteiger partial charge in [-0.2, -0.15) is 4.98 Å². The Bertz CT molecular complexity index is 1050. The molecule has 0 saturated carbocycles. The van der Waals surface area contributed by atoms with E-state index in [0.717, 1.165) is 21.8 Å². The van der Waals surface area contributed by atoms with Gasteiger partial charge in [-0.1, -0.05) is 17.3 Å². The zero-order valence-electron chi connectivity index (χ0n) is 14.4. The summed E-state index contributed by atoms with van der Waals surface area (Å²) in [6.45, 7) is 4.20. The van der Waals surface area contributed by atoms with E-state index in [2.05, 4.69) is 47.2 Å². The van der Waals surface area contributed by atoms with Crippen LogP contribution >= 0.6 is 11.3 Å². The van der Waals surface area contributed by atoms with E-state index in [1.807, 2.05) is 5.38 Å². The Morgan fingerprint density at radius 3 is 2.50 bits per heavy atom.